The standard InChI is InChI=1S/C14H18FN5O/c1-3-20(12-6-4-11(15)5-7-12)14(21)9-19-8-13(10(2)16)17-18-19/h4-8,10H,3,9,16H2,1-2H3. The maximum absolute atomic E-state index is 12.9. The minimum Gasteiger partial charge on any atom is -0.323 e. The number of rotatable bonds is 5. The molecule has 0 aliphatic carbocycles. The van der Waals surface area contributed by atoms with E-state index in [2.05, 4.69) is 10.3 Å². The SMILES string of the molecule is CCN(C(=O)Cn1cc(C(C)N)nn1)c1ccc(F)cc1. The van der Waals surface area contributed by atoms with Crippen LogP contribution in [0.3, 0.4) is 0 Å². The summed E-state index contributed by atoms with van der Waals surface area (Å²) in [4.78, 5) is 13.9. The first-order valence-electron chi connectivity index (χ1n) is 6.72. The molecule has 1 aromatic heterocycles. The van der Waals surface area contributed by atoms with Gasteiger partial charge in [-0.15, -0.1) is 5.10 Å². The second-order valence-electron chi connectivity index (χ2n) is 4.74. The maximum Gasteiger partial charge on any atom is 0.248 e. The molecule has 0 bridgehead atoms. The summed E-state index contributed by atoms with van der Waals surface area (Å²) in [5.74, 6) is -0.481. The molecule has 7 heteroatoms. The Hall–Kier alpha value is -2.28. The molecule has 1 heterocycles. The summed E-state index contributed by atoms with van der Waals surface area (Å²) in [7, 11) is 0. The van der Waals surface area contributed by atoms with Gasteiger partial charge < -0.3 is 10.6 Å². The van der Waals surface area contributed by atoms with E-state index in [9.17, 15) is 9.18 Å². The van der Waals surface area contributed by atoms with Crippen molar-refractivity contribution in [3.63, 3.8) is 0 Å². The number of aromatic nitrogens is 3. The molecule has 0 spiro atoms. The smallest absolute Gasteiger partial charge is 0.248 e. The molecule has 1 unspecified atom stereocenters. The van der Waals surface area contributed by atoms with Gasteiger partial charge >= 0.3 is 0 Å². The molecule has 0 aliphatic rings. The maximum atomic E-state index is 12.9. The Morgan fingerprint density at radius 2 is 2.10 bits per heavy atom. The molecule has 1 atom stereocenters. The van der Waals surface area contributed by atoms with E-state index in [0.29, 0.717) is 17.9 Å². The number of benzene rings is 1. The van der Waals surface area contributed by atoms with E-state index in [1.54, 1.807) is 30.2 Å². The molecule has 0 fully saturated rings. The van der Waals surface area contributed by atoms with E-state index in [-0.39, 0.29) is 24.3 Å². The van der Waals surface area contributed by atoms with Crippen molar-refractivity contribution in [3.8, 4) is 0 Å². The number of hydrogen-bond donors (Lipinski definition) is 1. The highest BCUT2D eigenvalue weighted by Crippen LogP contribution is 2.15. The number of amides is 1. The summed E-state index contributed by atoms with van der Waals surface area (Å²) >= 11 is 0. The molecule has 21 heavy (non-hydrogen) atoms. The van der Waals surface area contributed by atoms with Gasteiger partial charge in [-0.2, -0.15) is 0 Å². The van der Waals surface area contributed by atoms with Gasteiger partial charge in [0.1, 0.15) is 12.4 Å². The number of nitrogens with zero attached hydrogens (tertiary/aromatic N) is 4. The number of likely N-dealkylation sites (N-methyl/N-ethyl adjacent to an activating group) is 1. The molecule has 0 saturated carbocycles. The van der Waals surface area contributed by atoms with Gasteiger partial charge in [0.2, 0.25) is 5.91 Å². The molecule has 1 amide bonds. The first-order chi connectivity index (χ1) is 10.0. The fourth-order valence-corrected chi connectivity index (χ4v) is 1.95. The van der Waals surface area contributed by atoms with Gasteiger partial charge in [-0.25, -0.2) is 9.07 Å². The van der Waals surface area contributed by atoms with Crippen LogP contribution in [0.2, 0.25) is 0 Å². The zero-order valence-corrected chi connectivity index (χ0v) is 12.0. The lowest BCUT2D eigenvalue weighted by Gasteiger charge is -2.20. The van der Waals surface area contributed by atoms with E-state index >= 15 is 0 Å². The second-order valence-corrected chi connectivity index (χ2v) is 4.74. The third-order valence-corrected chi connectivity index (χ3v) is 3.08. The van der Waals surface area contributed by atoms with Gasteiger partial charge in [-0.05, 0) is 38.1 Å². The van der Waals surface area contributed by atoms with Gasteiger partial charge in [0.05, 0.1) is 11.9 Å². The fourth-order valence-electron chi connectivity index (χ4n) is 1.95. The Labute approximate surface area is 122 Å². The average Bonchev–Trinajstić information content (AvgIpc) is 2.90. The van der Waals surface area contributed by atoms with Crippen LogP contribution in [0.1, 0.15) is 25.6 Å². The Kier molecular flexibility index (Phi) is 4.64. The van der Waals surface area contributed by atoms with Crippen LogP contribution in [0.15, 0.2) is 30.5 Å². The van der Waals surface area contributed by atoms with E-state index in [4.69, 9.17) is 5.73 Å². The normalized spacial score (nSPS) is 12.2. The predicted molar refractivity (Wildman–Crippen MR) is 77.1 cm³/mol. The largest absolute Gasteiger partial charge is 0.323 e. The first kappa shape index (κ1) is 15.1. The van der Waals surface area contributed by atoms with Crippen molar-refractivity contribution in [2.75, 3.05) is 11.4 Å². The van der Waals surface area contributed by atoms with Crippen LogP contribution in [0.5, 0.6) is 0 Å². The Morgan fingerprint density at radius 3 is 2.62 bits per heavy atom. The lowest BCUT2D eigenvalue weighted by atomic mass is 10.2. The number of anilines is 1. The predicted octanol–water partition coefficient (Wildman–Crippen LogP) is 1.49. The number of carbonyl (C=O) groups excluding carboxylic acids is 1. The summed E-state index contributed by atoms with van der Waals surface area (Å²) in [5, 5.41) is 7.79. The van der Waals surface area contributed by atoms with Crippen molar-refractivity contribution < 1.29 is 9.18 Å². The highest BCUT2D eigenvalue weighted by Gasteiger charge is 2.16. The molecule has 0 radical (unpaired) electrons. The number of halogens is 1. The van der Waals surface area contributed by atoms with Crippen molar-refractivity contribution >= 4 is 11.6 Å². The molecule has 112 valence electrons. The van der Waals surface area contributed by atoms with Gasteiger partial charge in [0, 0.05) is 18.3 Å². The minimum absolute atomic E-state index is 0.0605. The van der Waals surface area contributed by atoms with E-state index in [1.165, 1.54) is 16.8 Å². The molecular formula is C14H18FN5O. The molecular weight excluding hydrogens is 273 g/mol. The third-order valence-electron chi connectivity index (χ3n) is 3.08. The number of carbonyl (C=O) groups is 1. The van der Waals surface area contributed by atoms with Crippen molar-refractivity contribution in [3.05, 3.63) is 42.0 Å². The average molecular weight is 291 g/mol. The zero-order valence-electron chi connectivity index (χ0n) is 12.0. The molecule has 2 rings (SSSR count). The zero-order chi connectivity index (χ0) is 15.4. The first-order valence-corrected chi connectivity index (χ1v) is 6.72. The van der Waals surface area contributed by atoms with Gasteiger partial charge in [-0.3, -0.25) is 4.79 Å². The summed E-state index contributed by atoms with van der Waals surface area (Å²) in [6, 6.07) is 5.58. The molecule has 6 nitrogen and oxygen atoms in total. The third kappa shape index (κ3) is 3.63. The lowest BCUT2D eigenvalue weighted by Crippen LogP contribution is -2.33. The van der Waals surface area contributed by atoms with E-state index < -0.39 is 0 Å². The van der Waals surface area contributed by atoms with Crippen LogP contribution in [-0.2, 0) is 11.3 Å². The molecule has 0 aliphatic heterocycles. The molecule has 1 aromatic carbocycles. The van der Waals surface area contributed by atoms with Crippen LogP contribution >= 0.6 is 0 Å². The molecule has 2 aromatic rings. The summed E-state index contributed by atoms with van der Waals surface area (Å²) in [6.45, 7) is 4.20. The fraction of sp³-hybridized carbons (Fsp3) is 0.357. The van der Waals surface area contributed by atoms with Crippen molar-refractivity contribution in [1.29, 1.82) is 0 Å². The van der Waals surface area contributed by atoms with Crippen LogP contribution < -0.4 is 10.6 Å². The highest BCUT2D eigenvalue weighted by atomic mass is 19.1. The van der Waals surface area contributed by atoms with Crippen molar-refractivity contribution in [2.45, 2.75) is 26.4 Å². The van der Waals surface area contributed by atoms with E-state index in [0.717, 1.165) is 0 Å². The summed E-state index contributed by atoms with van der Waals surface area (Å²) in [6.07, 6.45) is 1.65. The van der Waals surface area contributed by atoms with Gasteiger partial charge in [0.25, 0.3) is 0 Å². The Morgan fingerprint density at radius 1 is 1.43 bits per heavy atom. The van der Waals surface area contributed by atoms with Crippen LogP contribution in [0, 0.1) is 5.82 Å². The van der Waals surface area contributed by atoms with Crippen LogP contribution in [-0.4, -0.2) is 27.4 Å². The topological polar surface area (TPSA) is 77.0 Å². The van der Waals surface area contributed by atoms with Gasteiger partial charge in [0.15, 0.2) is 0 Å². The van der Waals surface area contributed by atoms with Crippen LogP contribution in [0.25, 0.3) is 0 Å². The van der Waals surface area contributed by atoms with Crippen LogP contribution in [0.4, 0.5) is 10.1 Å². The monoisotopic (exact) mass is 291 g/mol. The Balaban J connectivity index is 2.11. The van der Waals surface area contributed by atoms with Crippen molar-refractivity contribution in [1.82, 2.24) is 15.0 Å². The Bertz CT molecular complexity index is 608. The number of hydrogen-bond acceptors (Lipinski definition) is 4. The summed E-state index contributed by atoms with van der Waals surface area (Å²) in [5.41, 5.74) is 6.98. The lowest BCUT2D eigenvalue weighted by molar-refractivity contribution is -0.119. The highest BCUT2D eigenvalue weighted by molar-refractivity contribution is 5.93. The molecule has 0 saturated heterocycles. The molecule has 2 N–H and O–H groups in total. The second kappa shape index (κ2) is 6.45. The summed E-state index contributed by atoms with van der Waals surface area (Å²) < 4.78 is 14.4. The van der Waals surface area contributed by atoms with Gasteiger partial charge in [-0.1, -0.05) is 5.21 Å². The van der Waals surface area contributed by atoms with E-state index in [1.807, 2.05) is 6.92 Å². The van der Waals surface area contributed by atoms with Crippen molar-refractivity contribution in [2.24, 2.45) is 5.73 Å². The quantitative estimate of drug-likeness (QED) is 0.905. The minimum atomic E-state index is -0.333. The number of nitrogens with two attached hydrogens (primary N) is 1.